The van der Waals surface area contributed by atoms with Crippen LogP contribution in [0.3, 0.4) is 0 Å². The number of esters is 12. The molecule has 9 fully saturated rings. The Hall–Kier alpha value is -6.44. The number of carbonyl (C=O) groups excluding carboxylic acids is 12. The summed E-state index contributed by atoms with van der Waals surface area (Å²) in [5, 5.41) is 0. The molecule has 26 nitrogen and oxygen atoms in total. The van der Waals surface area contributed by atoms with Gasteiger partial charge >= 0.3 is 71.6 Å². The minimum Gasteiger partial charge on any atom is -0.469 e. The maximum absolute atomic E-state index is 12.1. The number of ether oxygens (including phenoxy) is 14. The summed E-state index contributed by atoms with van der Waals surface area (Å²) in [5.41, 5.74) is -1.39. The Balaban J connectivity index is 0.000000168. The van der Waals surface area contributed by atoms with Gasteiger partial charge in [0.2, 0.25) is 0 Å². The van der Waals surface area contributed by atoms with Gasteiger partial charge < -0.3 is 66.3 Å². The Morgan fingerprint density at radius 3 is 1.27 bits per heavy atom. The summed E-state index contributed by atoms with van der Waals surface area (Å²) in [6.45, 7) is 12.5. The van der Waals surface area contributed by atoms with Crippen LogP contribution in [0.4, 0.5) is 0 Å². The molecule has 9 rings (SSSR count). The molecule has 7 aliphatic heterocycles. The molecule has 6 bridgehead atoms. The smallest absolute Gasteiger partial charge is 0.344 e. The average molecular weight is 1100 g/mol. The molecule has 426 valence electrons. The lowest BCUT2D eigenvalue weighted by Crippen LogP contribution is -2.48. The van der Waals surface area contributed by atoms with Crippen LogP contribution < -0.4 is 0 Å². The molecule has 0 aromatic rings. The highest BCUT2D eigenvalue weighted by atomic mass is 16.7. The van der Waals surface area contributed by atoms with Gasteiger partial charge in [0.25, 0.3) is 0 Å². The first-order chi connectivity index (χ1) is 36.3. The van der Waals surface area contributed by atoms with Crippen LogP contribution in [0.15, 0.2) is 0 Å². The fraction of sp³-hybridized carbons (Fsp3) is 0.765. The molecular formula is C51H66O26. The monoisotopic (exact) mass is 1090 g/mol. The van der Waals surface area contributed by atoms with E-state index < -0.39 is 199 Å². The Labute approximate surface area is 441 Å². The van der Waals surface area contributed by atoms with Crippen LogP contribution in [0.1, 0.15) is 81.1 Å². The van der Waals surface area contributed by atoms with Crippen LogP contribution in [0, 0.1) is 64.1 Å². The molecule has 0 spiro atoms. The third kappa shape index (κ3) is 10.9. The van der Waals surface area contributed by atoms with Crippen LogP contribution in [-0.4, -0.2) is 174 Å². The predicted molar refractivity (Wildman–Crippen MR) is 246 cm³/mol. The van der Waals surface area contributed by atoms with Crippen molar-refractivity contribution in [2.24, 2.45) is 64.1 Å². The van der Waals surface area contributed by atoms with E-state index in [4.69, 9.17) is 66.3 Å². The highest BCUT2D eigenvalue weighted by Gasteiger charge is 2.74. The summed E-state index contributed by atoms with van der Waals surface area (Å²) in [5.74, 6) is -12.3. The molecule has 0 aromatic carbocycles. The van der Waals surface area contributed by atoms with Crippen LogP contribution in [0.5, 0.6) is 0 Å². The van der Waals surface area contributed by atoms with Gasteiger partial charge in [-0.25, -0.2) is 14.4 Å². The molecule has 2 saturated carbocycles. The van der Waals surface area contributed by atoms with E-state index in [1.54, 1.807) is 34.6 Å². The third-order valence-corrected chi connectivity index (χ3v) is 16.4. The largest absolute Gasteiger partial charge is 0.469 e. The normalized spacial score (nSPS) is 34.9. The molecule has 0 amide bonds. The zero-order valence-corrected chi connectivity index (χ0v) is 44.5. The molecule has 7 heterocycles. The summed E-state index contributed by atoms with van der Waals surface area (Å²) in [7, 11) is 3.69. The van der Waals surface area contributed by atoms with Gasteiger partial charge in [-0.2, -0.15) is 0 Å². The molecule has 7 saturated heterocycles. The second-order valence-corrected chi connectivity index (χ2v) is 21.5. The second-order valence-electron chi connectivity index (χ2n) is 21.5. The quantitative estimate of drug-likeness (QED) is 0.133. The zero-order valence-electron chi connectivity index (χ0n) is 44.5. The molecule has 2 aliphatic carbocycles. The van der Waals surface area contributed by atoms with Crippen LogP contribution >= 0.6 is 0 Å². The lowest BCUT2D eigenvalue weighted by atomic mass is 9.78. The zero-order chi connectivity index (χ0) is 56.7. The molecule has 0 N–H and O–H groups in total. The van der Waals surface area contributed by atoms with E-state index >= 15 is 0 Å². The predicted octanol–water partition coefficient (Wildman–Crippen LogP) is 0.447. The fourth-order valence-electron chi connectivity index (χ4n) is 11.3. The standard InChI is InChI=1S/C18H24O8.C17H22O9.C16H20O9/c1-5-18(2,3)17(22)24-7-10(19)25-13-8-6-9-12(11(8)15(20)23-4)16(21)26-14(9)13;1-5-17(2,3)16(21)23-6-7(18)24-12-10-8(14(19)22-4)9-11(25-10)13(12)26-15(9)20;1-4-6(2)14(18)22-5-7(17)23-12-10-8(15(19)21-3)9-11(24-10)13(12)25-16(9)20/h8-9,11-14H,5-7H2,1-4H3;8-13H,5-6H2,1-4H3;6,8-13H,4-5H2,1-3H3. The van der Waals surface area contributed by atoms with E-state index in [-0.39, 0.29) is 17.8 Å². The van der Waals surface area contributed by atoms with Crippen molar-refractivity contribution in [1.29, 1.82) is 0 Å². The van der Waals surface area contributed by atoms with E-state index in [0.29, 0.717) is 25.7 Å². The van der Waals surface area contributed by atoms with Gasteiger partial charge in [0.1, 0.15) is 60.3 Å². The number of carbonyl (C=O) groups is 12. The van der Waals surface area contributed by atoms with Crippen molar-refractivity contribution in [2.75, 3.05) is 41.2 Å². The molecule has 9 aliphatic rings. The van der Waals surface area contributed by atoms with Gasteiger partial charge in [0.05, 0.1) is 49.9 Å². The number of hydrogen-bond acceptors (Lipinski definition) is 26. The van der Waals surface area contributed by atoms with Gasteiger partial charge in [-0.15, -0.1) is 0 Å². The molecular weight excluding hydrogens is 1030 g/mol. The number of fused-ring (bicyclic) bond motifs is 3. The number of methoxy groups -OCH3 is 3. The van der Waals surface area contributed by atoms with E-state index in [1.807, 2.05) is 20.8 Å². The molecule has 19 atom stereocenters. The topological polar surface area (TPSA) is 334 Å². The first-order valence-electron chi connectivity index (χ1n) is 25.6. The summed E-state index contributed by atoms with van der Waals surface area (Å²) in [4.78, 5) is 144. The SMILES string of the molecule is CCC(C)(C)C(=O)OCC(=O)OC1C2CC3C1OC(=O)C3C2C(=O)OC.CCC(C)(C)C(=O)OCC(=O)OC1C2OC(=O)C3C2OC1C3C(=O)OC.CCC(C)C(=O)OCC(=O)OC1C2OC(=O)C3C2OC1C3C(=O)OC. The molecule has 19 unspecified atom stereocenters. The van der Waals surface area contributed by atoms with Gasteiger partial charge in [-0.3, -0.25) is 43.2 Å². The van der Waals surface area contributed by atoms with Crippen molar-refractivity contribution in [3.05, 3.63) is 0 Å². The van der Waals surface area contributed by atoms with E-state index in [9.17, 15) is 57.5 Å². The minimum absolute atomic E-state index is 0.143. The van der Waals surface area contributed by atoms with Gasteiger partial charge in [-0.05, 0) is 53.4 Å². The van der Waals surface area contributed by atoms with Gasteiger partial charge in [0, 0.05) is 11.8 Å². The molecule has 77 heavy (non-hydrogen) atoms. The second kappa shape index (κ2) is 22.9. The maximum Gasteiger partial charge on any atom is 0.344 e. The average Bonchev–Trinajstić information content (AvgIpc) is 4.48. The van der Waals surface area contributed by atoms with Gasteiger partial charge in [0.15, 0.2) is 44.2 Å². The van der Waals surface area contributed by atoms with Crippen molar-refractivity contribution < 1.29 is 124 Å². The first kappa shape index (κ1) is 58.2. The Kier molecular flexibility index (Phi) is 17.3. The van der Waals surface area contributed by atoms with E-state index in [1.165, 1.54) is 21.3 Å². The van der Waals surface area contributed by atoms with Crippen molar-refractivity contribution >= 4 is 71.6 Å². The van der Waals surface area contributed by atoms with Crippen molar-refractivity contribution in [3.8, 4) is 0 Å². The fourth-order valence-corrected chi connectivity index (χ4v) is 11.3. The molecule has 0 radical (unpaired) electrons. The summed E-state index contributed by atoms with van der Waals surface area (Å²) < 4.78 is 72.3. The molecule has 26 heteroatoms. The van der Waals surface area contributed by atoms with Crippen LogP contribution in [0.2, 0.25) is 0 Å². The first-order valence-corrected chi connectivity index (χ1v) is 25.6. The van der Waals surface area contributed by atoms with Gasteiger partial charge in [-0.1, -0.05) is 27.7 Å². The highest BCUT2D eigenvalue weighted by molar-refractivity contribution is 5.89. The lowest BCUT2D eigenvalue weighted by molar-refractivity contribution is -0.174. The van der Waals surface area contributed by atoms with Crippen LogP contribution in [0.25, 0.3) is 0 Å². The van der Waals surface area contributed by atoms with Crippen molar-refractivity contribution in [1.82, 2.24) is 0 Å². The maximum atomic E-state index is 12.1. The minimum atomic E-state index is -0.933. The summed E-state index contributed by atoms with van der Waals surface area (Å²) >= 11 is 0. The summed E-state index contributed by atoms with van der Waals surface area (Å²) in [6.07, 6.45) is -5.23. The Morgan fingerprint density at radius 1 is 0.494 bits per heavy atom. The van der Waals surface area contributed by atoms with E-state index in [0.717, 1.165) is 0 Å². The van der Waals surface area contributed by atoms with Crippen molar-refractivity contribution in [3.63, 3.8) is 0 Å². The highest BCUT2D eigenvalue weighted by Crippen LogP contribution is 2.59. The third-order valence-electron chi connectivity index (χ3n) is 16.4. The van der Waals surface area contributed by atoms with Crippen LogP contribution in [-0.2, 0) is 124 Å². The summed E-state index contributed by atoms with van der Waals surface area (Å²) in [6, 6.07) is 0. The van der Waals surface area contributed by atoms with Crippen molar-refractivity contribution in [2.45, 2.75) is 142 Å². The Bertz CT molecular complexity index is 2280. The van der Waals surface area contributed by atoms with E-state index in [2.05, 4.69) is 0 Å². The lowest BCUT2D eigenvalue weighted by Gasteiger charge is -2.30. The molecule has 0 aromatic heterocycles. The number of hydrogen-bond donors (Lipinski definition) is 0. The Morgan fingerprint density at radius 2 is 0.870 bits per heavy atom. The number of rotatable bonds is 18.